The van der Waals surface area contributed by atoms with E-state index in [1.54, 1.807) is 20.2 Å². The first kappa shape index (κ1) is 17.1. The summed E-state index contributed by atoms with van der Waals surface area (Å²) in [5.41, 5.74) is 5.75. The minimum atomic E-state index is -0.473. The van der Waals surface area contributed by atoms with Gasteiger partial charge in [0, 0.05) is 20.3 Å². The van der Waals surface area contributed by atoms with Crippen LogP contribution in [0.3, 0.4) is 0 Å². The summed E-state index contributed by atoms with van der Waals surface area (Å²) in [4.78, 5) is 22.9. The molecular formula is C12H22N6O3. The van der Waals surface area contributed by atoms with Crippen molar-refractivity contribution in [2.75, 3.05) is 26.8 Å². The molecule has 9 heteroatoms. The van der Waals surface area contributed by atoms with Crippen LogP contribution in [0, 0.1) is 0 Å². The Kier molecular flexibility index (Phi) is 7.33. The molecule has 0 aliphatic carbocycles. The minimum Gasteiger partial charge on any atom is -0.385 e. The van der Waals surface area contributed by atoms with Crippen LogP contribution in [0.2, 0.25) is 0 Å². The number of carbonyl (C=O) groups excluding carboxylic acids is 2. The van der Waals surface area contributed by atoms with Gasteiger partial charge in [-0.3, -0.25) is 9.59 Å². The van der Waals surface area contributed by atoms with Gasteiger partial charge in [-0.05, 0) is 13.3 Å². The van der Waals surface area contributed by atoms with Crippen LogP contribution < -0.4 is 16.4 Å². The average Bonchev–Trinajstić information content (AvgIpc) is 2.97. The number of ether oxygens (including phenoxy) is 1. The SMILES string of the molecule is COCCCNC(=O)C(C)n1cc(CNC(=O)CN)nn1. The zero-order chi connectivity index (χ0) is 15.7. The van der Waals surface area contributed by atoms with Gasteiger partial charge in [0.25, 0.3) is 0 Å². The maximum absolute atomic E-state index is 11.9. The fourth-order valence-corrected chi connectivity index (χ4v) is 1.54. The van der Waals surface area contributed by atoms with E-state index < -0.39 is 6.04 Å². The molecule has 0 bridgehead atoms. The standard InChI is InChI=1S/C12H22N6O3/c1-9(12(20)14-4-3-5-21-2)18-8-10(16-17-18)7-15-11(19)6-13/h8-9H,3-7,13H2,1-2H3,(H,14,20)(H,15,19). The van der Waals surface area contributed by atoms with E-state index in [9.17, 15) is 9.59 Å². The van der Waals surface area contributed by atoms with Crippen LogP contribution >= 0.6 is 0 Å². The van der Waals surface area contributed by atoms with Crippen LogP contribution in [0.1, 0.15) is 25.1 Å². The number of aromatic nitrogens is 3. The molecular weight excluding hydrogens is 276 g/mol. The van der Waals surface area contributed by atoms with E-state index in [2.05, 4.69) is 20.9 Å². The van der Waals surface area contributed by atoms with Crippen molar-refractivity contribution >= 4 is 11.8 Å². The second-order valence-electron chi connectivity index (χ2n) is 4.48. The predicted molar refractivity (Wildman–Crippen MR) is 75.1 cm³/mol. The Balaban J connectivity index is 2.43. The Morgan fingerprint density at radius 3 is 2.90 bits per heavy atom. The molecule has 0 fully saturated rings. The Bertz CT molecular complexity index is 462. The number of hydrogen-bond acceptors (Lipinski definition) is 6. The summed E-state index contributed by atoms with van der Waals surface area (Å²) in [5, 5.41) is 13.2. The van der Waals surface area contributed by atoms with Crippen LogP contribution in [0.4, 0.5) is 0 Å². The predicted octanol–water partition coefficient (Wildman–Crippen LogP) is -1.43. The van der Waals surface area contributed by atoms with E-state index in [4.69, 9.17) is 10.5 Å². The minimum absolute atomic E-state index is 0.0750. The molecule has 0 saturated heterocycles. The Morgan fingerprint density at radius 1 is 1.48 bits per heavy atom. The third kappa shape index (κ3) is 5.88. The monoisotopic (exact) mass is 298 g/mol. The highest BCUT2D eigenvalue weighted by Crippen LogP contribution is 2.04. The maximum atomic E-state index is 11.9. The molecule has 0 aliphatic rings. The number of methoxy groups -OCH3 is 1. The first-order valence-corrected chi connectivity index (χ1v) is 6.72. The number of carbonyl (C=O) groups is 2. The van der Waals surface area contributed by atoms with Gasteiger partial charge >= 0.3 is 0 Å². The van der Waals surface area contributed by atoms with E-state index in [-0.39, 0.29) is 24.9 Å². The van der Waals surface area contributed by atoms with Crippen molar-refractivity contribution in [3.8, 4) is 0 Å². The zero-order valence-corrected chi connectivity index (χ0v) is 12.3. The first-order chi connectivity index (χ1) is 10.1. The molecule has 1 aromatic heterocycles. The van der Waals surface area contributed by atoms with E-state index in [0.717, 1.165) is 6.42 Å². The number of amides is 2. The summed E-state index contributed by atoms with van der Waals surface area (Å²) >= 11 is 0. The molecule has 0 aromatic carbocycles. The van der Waals surface area contributed by atoms with Gasteiger partial charge in [0.2, 0.25) is 11.8 Å². The summed E-state index contributed by atoms with van der Waals surface area (Å²) in [5.74, 6) is -0.415. The van der Waals surface area contributed by atoms with Crippen molar-refractivity contribution in [1.29, 1.82) is 0 Å². The third-order valence-electron chi connectivity index (χ3n) is 2.81. The van der Waals surface area contributed by atoms with Crippen LogP contribution in [0.5, 0.6) is 0 Å². The summed E-state index contributed by atoms with van der Waals surface area (Å²) in [6.45, 7) is 3.03. The number of rotatable bonds is 9. The molecule has 4 N–H and O–H groups in total. The van der Waals surface area contributed by atoms with Crippen molar-refractivity contribution in [3.05, 3.63) is 11.9 Å². The van der Waals surface area contributed by atoms with Crippen LogP contribution in [-0.4, -0.2) is 53.6 Å². The second-order valence-corrected chi connectivity index (χ2v) is 4.48. The number of hydrogen-bond donors (Lipinski definition) is 3. The lowest BCUT2D eigenvalue weighted by Gasteiger charge is -2.11. The molecule has 1 rings (SSSR count). The Labute approximate surface area is 123 Å². The highest BCUT2D eigenvalue weighted by atomic mass is 16.5. The van der Waals surface area contributed by atoms with Crippen molar-refractivity contribution in [1.82, 2.24) is 25.6 Å². The van der Waals surface area contributed by atoms with Crippen LogP contribution in [-0.2, 0) is 20.9 Å². The largest absolute Gasteiger partial charge is 0.385 e. The van der Waals surface area contributed by atoms with Crippen LogP contribution in [0.25, 0.3) is 0 Å². The molecule has 0 aliphatic heterocycles. The molecule has 1 aromatic rings. The number of nitrogens with two attached hydrogens (primary N) is 1. The average molecular weight is 298 g/mol. The number of nitrogens with one attached hydrogen (secondary N) is 2. The van der Waals surface area contributed by atoms with Gasteiger partial charge in [-0.2, -0.15) is 0 Å². The van der Waals surface area contributed by atoms with E-state index in [1.807, 2.05) is 0 Å². The third-order valence-corrected chi connectivity index (χ3v) is 2.81. The molecule has 0 radical (unpaired) electrons. The smallest absolute Gasteiger partial charge is 0.244 e. The lowest BCUT2D eigenvalue weighted by Crippen LogP contribution is -2.32. The van der Waals surface area contributed by atoms with Crippen molar-refractivity contribution in [3.63, 3.8) is 0 Å². The highest BCUT2D eigenvalue weighted by Gasteiger charge is 2.16. The van der Waals surface area contributed by atoms with Crippen molar-refractivity contribution < 1.29 is 14.3 Å². The van der Waals surface area contributed by atoms with Gasteiger partial charge in [0.05, 0.1) is 19.3 Å². The van der Waals surface area contributed by atoms with Gasteiger partial charge in [-0.1, -0.05) is 5.21 Å². The molecule has 2 amide bonds. The zero-order valence-electron chi connectivity index (χ0n) is 12.3. The normalized spacial score (nSPS) is 12.0. The molecule has 0 spiro atoms. The lowest BCUT2D eigenvalue weighted by atomic mass is 10.3. The topological polar surface area (TPSA) is 124 Å². The van der Waals surface area contributed by atoms with Crippen molar-refractivity contribution in [2.24, 2.45) is 5.73 Å². The van der Waals surface area contributed by atoms with Gasteiger partial charge < -0.3 is 21.1 Å². The van der Waals surface area contributed by atoms with Crippen molar-refractivity contribution in [2.45, 2.75) is 25.9 Å². The van der Waals surface area contributed by atoms with E-state index >= 15 is 0 Å². The summed E-state index contributed by atoms with van der Waals surface area (Å²) in [6.07, 6.45) is 2.37. The van der Waals surface area contributed by atoms with Gasteiger partial charge in [0.1, 0.15) is 11.7 Å². The molecule has 21 heavy (non-hydrogen) atoms. The molecule has 1 unspecified atom stereocenters. The molecule has 9 nitrogen and oxygen atoms in total. The fourth-order valence-electron chi connectivity index (χ4n) is 1.54. The van der Waals surface area contributed by atoms with E-state index in [1.165, 1.54) is 4.68 Å². The Morgan fingerprint density at radius 2 is 2.24 bits per heavy atom. The number of nitrogens with zero attached hydrogens (tertiary/aromatic N) is 3. The quantitative estimate of drug-likeness (QED) is 0.480. The summed E-state index contributed by atoms with van der Waals surface area (Å²) in [7, 11) is 1.62. The molecule has 0 saturated carbocycles. The highest BCUT2D eigenvalue weighted by molar-refractivity contribution is 5.79. The van der Waals surface area contributed by atoms with Gasteiger partial charge in [-0.25, -0.2) is 4.68 Å². The molecule has 118 valence electrons. The maximum Gasteiger partial charge on any atom is 0.244 e. The lowest BCUT2D eigenvalue weighted by molar-refractivity contribution is -0.124. The first-order valence-electron chi connectivity index (χ1n) is 6.72. The Hall–Kier alpha value is -2.00. The van der Waals surface area contributed by atoms with Gasteiger partial charge in [-0.15, -0.1) is 5.10 Å². The van der Waals surface area contributed by atoms with Crippen LogP contribution in [0.15, 0.2) is 6.20 Å². The van der Waals surface area contributed by atoms with Gasteiger partial charge in [0.15, 0.2) is 0 Å². The summed E-state index contributed by atoms with van der Waals surface area (Å²) < 4.78 is 6.36. The molecule has 1 atom stereocenters. The van der Waals surface area contributed by atoms with E-state index in [0.29, 0.717) is 18.8 Å². The fraction of sp³-hybridized carbons (Fsp3) is 0.667. The second kappa shape index (κ2) is 9.03. The molecule has 1 heterocycles. The summed E-state index contributed by atoms with van der Waals surface area (Å²) in [6, 6.07) is -0.473.